The Morgan fingerprint density at radius 3 is 1.23 bits per heavy atom. The molecule has 6 heteroatoms. The van der Waals surface area contributed by atoms with Crippen LogP contribution in [0.15, 0.2) is 30.3 Å². The fourth-order valence-electron chi connectivity index (χ4n) is 3.15. The summed E-state index contributed by atoms with van der Waals surface area (Å²) in [7, 11) is 0. The van der Waals surface area contributed by atoms with Crippen molar-refractivity contribution in [2.24, 2.45) is 5.41 Å². The summed E-state index contributed by atoms with van der Waals surface area (Å²) >= 11 is 0. The third kappa shape index (κ3) is 17.1. The molecule has 0 saturated heterocycles. The van der Waals surface area contributed by atoms with Gasteiger partial charge in [0.25, 0.3) is 0 Å². The molecule has 1 unspecified atom stereocenters. The lowest BCUT2D eigenvalue weighted by Crippen LogP contribution is -2.35. The monoisotopic (exact) mass is 498 g/mol. The van der Waals surface area contributed by atoms with E-state index < -0.39 is 5.60 Å². The predicted octanol–water partition coefficient (Wildman–Crippen LogP) is 8.64. The van der Waals surface area contributed by atoms with E-state index in [4.69, 9.17) is 29.7 Å². The highest BCUT2D eigenvalue weighted by Crippen LogP contribution is 2.36. The first-order chi connectivity index (χ1) is 15.5. The first-order valence-electron chi connectivity index (χ1n) is 12.6. The van der Waals surface area contributed by atoms with Gasteiger partial charge in [-0.1, -0.05) is 51.1 Å². The fourth-order valence-corrected chi connectivity index (χ4v) is 3.15. The van der Waals surface area contributed by atoms with Gasteiger partial charge in [-0.2, -0.15) is 0 Å². The summed E-state index contributed by atoms with van der Waals surface area (Å²) in [5.74, 6) is 0. The number of benzene rings is 1. The lowest BCUT2D eigenvalue weighted by Gasteiger charge is -2.33. The molecule has 0 aromatic heterocycles. The maximum Gasteiger partial charge on any atom is 0.126 e. The number of hydrogen-bond acceptors (Lipinski definition) is 6. The highest BCUT2D eigenvalue weighted by molar-refractivity contribution is 5.22. The van der Waals surface area contributed by atoms with Crippen molar-refractivity contribution in [3.8, 4) is 0 Å². The van der Waals surface area contributed by atoms with Crippen LogP contribution in [0.25, 0.3) is 0 Å². The molecule has 0 fully saturated rings. The quantitative estimate of drug-likeness (QED) is 0.257. The molecule has 0 amide bonds. The van der Waals surface area contributed by atoms with Crippen molar-refractivity contribution in [1.82, 2.24) is 0 Å². The van der Waals surface area contributed by atoms with Crippen LogP contribution in [0, 0.1) is 5.41 Å². The van der Waals surface area contributed by atoms with Gasteiger partial charge < -0.3 is 0 Å². The molecule has 1 atom stereocenters. The highest BCUT2D eigenvalue weighted by Gasteiger charge is 2.33. The summed E-state index contributed by atoms with van der Waals surface area (Å²) in [5, 5.41) is 9.10. The Labute approximate surface area is 215 Å². The Hall–Kier alpha value is -1.02. The van der Waals surface area contributed by atoms with Crippen molar-refractivity contribution < 1.29 is 29.7 Å². The van der Waals surface area contributed by atoms with E-state index in [1.807, 2.05) is 106 Å². The zero-order chi connectivity index (χ0) is 27.8. The molecule has 1 N–H and O–H groups in total. The first-order valence-corrected chi connectivity index (χ1v) is 12.6. The second-order valence-electron chi connectivity index (χ2n) is 14.0. The smallest absolute Gasteiger partial charge is 0.126 e. The molecule has 1 aromatic carbocycles. The molecular weight excluding hydrogens is 444 g/mol. The Kier molecular flexibility index (Phi) is 12.6. The summed E-state index contributed by atoms with van der Waals surface area (Å²) < 4.78 is 0. The number of hydrogen-bond donors (Lipinski definition) is 1. The first kappa shape index (κ1) is 34.0. The molecule has 0 bridgehead atoms. The van der Waals surface area contributed by atoms with Gasteiger partial charge in [0.1, 0.15) is 5.60 Å². The van der Waals surface area contributed by atoms with Gasteiger partial charge >= 0.3 is 0 Å². The van der Waals surface area contributed by atoms with Crippen molar-refractivity contribution in [1.29, 1.82) is 0 Å². The van der Waals surface area contributed by atoms with Crippen molar-refractivity contribution in [3.63, 3.8) is 0 Å². The molecular formula is C29H54O6. The molecule has 0 radical (unpaired) electrons. The van der Waals surface area contributed by atoms with E-state index in [1.165, 1.54) is 0 Å². The maximum atomic E-state index is 9.10. The van der Waals surface area contributed by atoms with E-state index in [2.05, 4.69) is 20.8 Å². The van der Waals surface area contributed by atoms with Gasteiger partial charge in [0.05, 0.1) is 22.4 Å². The molecule has 1 aromatic rings. The van der Waals surface area contributed by atoms with Crippen molar-refractivity contribution >= 4 is 0 Å². The number of rotatable bonds is 10. The molecule has 1 rings (SSSR count). The standard InChI is InChI=1S/C16H34O4.C13H20O2/c1-13(2,3)17-19-15(7,8)11-12-16(9,10)20-18-14(4,5)6;1-12(2,3)10-13(4,15-14)11-8-6-5-7-9-11/h11-12H2,1-10H3;5-9,14H,10H2,1-4H3. The Morgan fingerprint density at radius 1 is 0.571 bits per heavy atom. The molecule has 0 heterocycles. The van der Waals surface area contributed by atoms with Gasteiger partial charge in [-0.3, -0.25) is 5.26 Å². The molecule has 0 saturated carbocycles. The second kappa shape index (κ2) is 13.0. The summed E-state index contributed by atoms with van der Waals surface area (Å²) in [6.45, 7) is 28.2. The van der Waals surface area contributed by atoms with Crippen molar-refractivity contribution in [2.45, 2.75) is 144 Å². The van der Waals surface area contributed by atoms with Crippen LogP contribution in [-0.4, -0.2) is 27.7 Å². The van der Waals surface area contributed by atoms with Crippen molar-refractivity contribution in [3.05, 3.63) is 35.9 Å². The Balaban J connectivity index is 0.000000686. The van der Waals surface area contributed by atoms with E-state index in [9.17, 15) is 0 Å². The zero-order valence-corrected chi connectivity index (χ0v) is 25.0. The van der Waals surface area contributed by atoms with Crippen LogP contribution in [0.1, 0.15) is 122 Å². The summed E-state index contributed by atoms with van der Waals surface area (Å²) in [6, 6.07) is 9.81. The van der Waals surface area contributed by atoms with Gasteiger partial charge in [-0.25, -0.2) is 24.4 Å². The van der Waals surface area contributed by atoms with E-state index in [-0.39, 0.29) is 27.8 Å². The minimum Gasteiger partial charge on any atom is -0.251 e. The summed E-state index contributed by atoms with van der Waals surface area (Å²) in [4.78, 5) is 26.6. The van der Waals surface area contributed by atoms with Crippen LogP contribution in [-0.2, 0) is 30.0 Å². The molecule has 35 heavy (non-hydrogen) atoms. The summed E-state index contributed by atoms with van der Waals surface area (Å²) in [6.07, 6.45) is 2.38. The average molecular weight is 499 g/mol. The highest BCUT2D eigenvalue weighted by atomic mass is 17.2. The average Bonchev–Trinajstić information content (AvgIpc) is 2.69. The Bertz CT molecular complexity index is 677. The predicted molar refractivity (Wildman–Crippen MR) is 143 cm³/mol. The third-order valence-corrected chi connectivity index (χ3v) is 4.82. The molecule has 6 nitrogen and oxygen atoms in total. The largest absolute Gasteiger partial charge is 0.251 e. The molecule has 206 valence electrons. The summed E-state index contributed by atoms with van der Waals surface area (Å²) in [5.41, 5.74) is -0.863. The minimum absolute atomic E-state index is 0.104. The van der Waals surface area contributed by atoms with Crippen LogP contribution >= 0.6 is 0 Å². The van der Waals surface area contributed by atoms with Gasteiger partial charge in [0.15, 0.2) is 0 Å². The molecule has 0 aliphatic carbocycles. The van der Waals surface area contributed by atoms with Crippen LogP contribution in [0.3, 0.4) is 0 Å². The minimum atomic E-state index is -0.625. The van der Waals surface area contributed by atoms with E-state index in [1.54, 1.807) is 0 Å². The van der Waals surface area contributed by atoms with Gasteiger partial charge in [-0.05, 0) is 106 Å². The van der Waals surface area contributed by atoms with E-state index in [0.29, 0.717) is 0 Å². The normalized spacial score (nSPS) is 15.3. The second-order valence-corrected chi connectivity index (χ2v) is 14.0. The van der Waals surface area contributed by atoms with Gasteiger partial charge in [0, 0.05) is 0 Å². The van der Waals surface area contributed by atoms with Crippen LogP contribution in [0.2, 0.25) is 0 Å². The van der Waals surface area contributed by atoms with Crippen molar-refractivity contribution in [2.75, 3.05) is 0 Å². The lowest BCUT2D eigenvalue weighted by atomic mass is 9.79. The SMILES string of the molecule is CC(C)(C)CC(C)(OO)c1ccccc1.CC(C)(C)OOC(C)(C)CCC(C)(C)OOC(C)(C)C. The van der Waals surface area contributed by atoms with E-state index >= 15 is 0 Å². The van der Waals surface area contributed by atoms with Gasteiger partial charge in [-0.15, -0.1) is 0 Å². The lowest BCUT2D eigenvalue weighted by molar-refractivity contribution is -0.410. The van der Waals surface area contributed by atoms with Crippen LogP contribution < -0.4 is 0 Å². The van der Waals surface area contributed by atoms with Crippen LogP contribution in [0.4, 0.5) is 0 Å². The van der Waals surface area contributed by atoms with Crippen LogP contribution in [0.5, 0.6) is 0 Å². The van der Waals surface area contributed by atoms with E-state index in [0.717, 1.165) is 24.8 Å². The molecule has 0 aliphatic rings. The maximum absolute atomic E-state index is 9.10. The van der Waals surface area contributed by atoms with Gasteiger partial charge in [0.2, 0.25) is 0 Å². The topological polar surface area (TPSA) is 66.4 Å². The Morgan fingerprint density at radius 2 is 0.943 bits per heavy atom. The zero-order valence-electron chi connectivity index (χ0n) is 25.0. The molecule has 0 aliphatic heterocycles. The molecule has 0 spiro atoms. The fraction of sp³-hybridized carbons (Fsp3) is 0.793. The third-order valence-electron chi connectivity index (χ3n) is 4.82.